The van der Waals surface area contributed by atoms with Gasteiger partial charge in [0.05, 0.1) is 18.0 Å². The zero-order valence-electron chi connectivity index (χ0n) is 36.1. The zero-order chi connectivity index (χ0) is 47.3. The Morgan fingerprint density at radius 1 is 0.641 bits per heavy atom. The first-order chi connectivity index (χ1) is 30.5. The van der Waals surface area contributed by atoms with E-state index in [1.807, 2.05) is 0 Å². The molecule has 64 heavy (non-hydrogen) atoms. The second-order valence-corrected chi connectivity index (χ2v) is 16.4. The molecule has 0 radical (unpaired) electrons. The number of carbonyl (C=O) groups excluding carboxylic acids is 6. The second-order valence-electron chi connectivity index (χ2n) is 14.7. The molecule has 0 aliphatic rings. The highest BCUT2D eigenvalue weighted by atomic mass is 32.2. The number of rotatable bonds is 33. The molecule has 0 unspecified atom stereocenters. The molecule has 0 aliphatic heterocycles. The molecule has 19 N–H and O–H groups in total. The molecular formula is C39H66N16O8S. The molecule has 25 heteroatoms. The van der Waals surface area contributed by atoms with Crippen LogP contribution in [0.2, 0.25) is 0 Å². The molecule has 0 saturated heterocycles. The number of unbranched alkanes of at least 4 members (excludes halogenated alkanes) is 3. The van der Waals surface area contributed by atoms with Crippen molar-refractivity contribution in [3.63, 3.8) is 0 Å². The van der Waals surface area contributed by atoms with Crippen LogP contribution < -0.4 is 71.0 Å². The van der Waals surface area contributed by atoms with E-state index in [9.17, 15) is 37.2 Å². The van der Waals surface area contributed by atoms with Crippen molar-refractivity contribution in [1.29, 1.82) is 0 Å². The Balaban J connectivity index is 1.76. The van der Waals surface area contributed by atoms with Crippen molar-refractivity contribution in [1.82, 2.24) is 41.6 Å². The number of hydrogen-bond donors (Lipinski definition) is 13. The quantitative estimate of drug-likeness (QED) is 0.0185. The Hall–Kier alpha value is -6.18. The number of aromatic nitrogens is 1. The molecule has 24 nitrogen and oxygen atoms in total. The van der Waals surface area contributed by atoms with Gasteiger partial charge >= 0.3 is 0 Å². The molecular weight excluding hydrogens is 853 g/mol. The van der Waals surface area contributed by atoms with Gasteiger partial charge < -0.3 is 61.0 Å². The lowest BCUT2D eigenvalue weighted by molar-refractivity contribution is -0.131. The zero-order valence-corrected chi connectivity index (χ0v) is 36.9. The smallest absolute Gasteiger partial charge is 0.243 e. The molecule has 0 aliphatic carbocycles. The molecule has 2 aromatic rings. The molecule has 0 bridgehead atoms. The van der Waals surface area contributed by atoms with E-state index in [1.165, 1.54) is 12.3 Å². The predicted octanol–water partition coefficient (Wildman–Crippen LogP) is -3.93. The number of fused-ring (bicyclic) bond motifs is 1. The van der Waals surface area contributed by atoms with Crippen LogP contribution in [-0.4, -0.2) is 131 Å². The minimum absolute atomic E-state index is 0.00194. The number of benzene rings is 1. The second kappa shape index (κ2) is 30.0. The van der Waals surface area contributed by atoms with Crippen molar-refractivity contribution in [2.45, 2.75) is 93.7 Å². The summed E-state index contributed by atoms with van der Waals surface area (Å²) in [7, 11) is -3.86. The Morgan fingerprint density at radius 3 is 1.95 bits per heavy atom. The molecule has 2 rings (SSSR count). The summed E-state index contributed by atoms with van der Waals surface area (Å²) < 4.78 is 28.2. The molecule has 1 aromatic heterocycles. The Bertz CT molecular complexity index is 1990. The van der Waals surface area contributed by atoms with Crippen LogP contribution >= 0.6 is 0 Å². The lowest BCUT2D eigenvalue weighted by Gasteiger charge is -2.22. The van der Waals surface area contributed by atoms with E-state index in [1.54, 1.807) is 24.4 Å². The maximum atomic E-state index is 13.2. The number of primary amides is 1. The van der Waals surface area contributed by atoms with Crippen molar-refractivity contribution in [2.75, 3.05) is 52.4 Å². The van der Waals surface area contributed by atoms with Crippen LogP contribution in [0.1, 0.15) is 70.6 Å². The fourth-order valence-corrected chi connectivity index (χ4v) is 7.43. The van der Waals surface area contributed by atoms with Gasteiger partial charge in [-0.25, -0.2) is 13.1 Å². The summed E-state index contributed by atoms with van der Waals surface area (Å²) in [5.41, 5.74) is 32.5. The molecule has 356 valence electrons. The Kier molecular flexibility index (Phi) is 25.3. The number of nitrogens with zero attached hydrogens (tertiary/aromatic N) is 3. The van der Waals surface area contributed by atoms with Crippen molar-refractivity contribution >= 4 is 68.2 Å². The first-order valence-corrected chi connectivity index (χ1v) is 22.6. The van der Waals surface area contributed by atoms with Crippen LogP contribution in [0.3, 0.4) is 0 Å². The third-order valence-electron chi connectivity index (χ3n) is 9.42. The van der Waals surface area contributed by atoms with Crippen LogP contribution in [0.4, 0.5) is 0 Å². The minimum atomic E-state index is -3.86. The first-order valence-electron chi connectivity index (χ1n) is 21.1. The molecule has 3 atom stereocenters. The standard InChI is InChI=1S/C39H66N16O8S/c40-16-4-3-10-29(54-34(58)25-47-24-33(57)48-21-22-52-64(62,63)31-13-6-9-26-23-46-20-15-27(26)31)36(60)49-17-5-1-2-14-32(56)53-30(12-8-19-51-39(44)45)37(61)55-28(35(41)59)11-7-18-50-38(42)43/h6,9,13,15,20,23,28-30,47,52H,1-5,7-8,10-12,14,16-19,21-22,24-25,40H2,(H2,41,59)(H,48,57)(H,49,60)(H,53,56)(H,54,58)(H,55,61)(H4,42,43,50)(H4,44,45,51)/t28-,29+,30-/m1/s1. The van der Waals surface area contributed by atoms with Crippen LogP contribution in [0.5, 0.6) is 0 Å². The SMILES string of the molecule is NCCCC[C@H](NC(=O)CNCC(=O)NCCNS(=O)(=O)c1cccc2cnccc12)C(=O)NCCCCCC(=O)N[C@H](CCCN=C(N)N)C(=O)N[C@H](CCCN=C(N)N)C(N)=O. The van der Waals surface area contributed by atoms with Crippen LogP contribution in [0.25, 0.3) is 10.8 Å². The highest BCUT2D eigenvalue weighted by Gasteiger charge is 2.26. The number of guanidine groups is 2. The van der Waals surface area contributed by atoms with E-state index < -0.39 is 63.6 Å². The van der Waals surface area contributed by atoms with Gasteiger partial charge in [-0.1, -0.05) is 18.6 Å². The van der Waals surface area contributed by atoms with Gasteiger partial charge in [-0.2, -0.15) is 0 Å². The third kappa shape index (κ3) is 22.3. The Morgan fingerprint density at radius 2 is 1.28 bits per heavy atom. The fraction of sp³-hybridized carbons (Fsp3) is 0.564. The number of sulfonamides is 1. The summed E-state index contributed by atoms with van der Waals surface area (Å²) >= 11 is 0. The Labute approximate surface area is 373 Å². The van der Waals surface area contributed by atoms with Crippen molar-refractivity contribution in [3.05, 3.63) is 36.7 Å². The first kappa shape index (κ1) is 54.0. The van der Waals surface area contributed by atoms with E-state index in [-0.39, 0.29) is 81.9 Å². The van der Waals surface area contributed by atoms with Gasteiger partial charge in [0.15, 0.2) is 11.9 Å². The molecule has 6 amide bonds. The number of amides is 6. The molecule has 0 saturated carbocycles. The monoisotopic (exact) mass is 918 g/mol. The van der Waals surface area contributed by atoms with Crippen LogP contribution in [0, 0.1) is 0 Å². The average Bonchev–Trinajstić information content (AvgIpc) is 3.24. The van der Waals surface area contributed by atoms with Gasteiger partial charge in [-0.05, 0) is 76.5 Å². The average molecular weight is 919 g/mol. The van der Waals surface area contributed by atoms with Crippen molar-refractivity contribution in [2.24, 2.45) is 44.4 Å². The number of carbonyl (C=O) groups is 6. The minimum Gasteiger partial charge on any atom is -0.370 e. The molecule has 0 spiro atoms. The van der Waals surface area contributed by atoms with Gasteiger partial charge in [-0.3, -0.25) is 49.1 Å². The highest BCUT2D eigenvalue weighted by molar-refractivity contribution is 7.89. The number of nitrogens with two attached hydrogens (primary N) is 6. The maximum absolute atomic E-state index is 13.2. The summed E-state index contributed by atoms with van der Waals surface area (Å²) in [6.07, 6.45) is 7.28. The van der Waals surface area contributed by atoms with Gasteiger partial charge in [0.2, 0.25) is 45.5 Å². The largest absolute Gasteiger partial charge is 0.370 e. The summed E-state index contributed by atoms with van der Waals surface area (Å²) in [6.45, 7) is 0.562. The third-order valence-corrected chi connectivity index (χ3v) is 10.9. The van der Waals surface area contributed by atoms with E-state index in [0.717, 1.165) is 0 Å². The predicted molar refractivity (Wildman–Crippen MR) is 242 cm³/mol. The van der Waals surface area contributed by atoms with E-state index in [4.69, 9.17) is 34.4 Å². The number of aliphatic imine (C=N–C) groups is 2. The fourth-order valence-electron chi connectivity index (χ4n) is 6.17. The number of hydrogen-bond acceptors (Lipinski definition) is 13. The number of pyridine rings is 1. The lowest BCUT2D eigenvalue weighted by Crippen LogP contribution is -2.53. The highest BCUT2D eigenvalue weighted by Crippen LogP contribution is 2.21. The van der Waals surface area contributed by atoms with Gasteiger partial charge in [-0.15, -0.1) is 0 Å². The van der Waals surface area contributed by atoms with Gasteiger partial charge in [0.25, 0.3) is 0 Å². The summed E-state index contributed by atoms with van der Waals surface area (Å²) in [5, 5.41) is 17.3. The summed E-state index contributed by atoms with van der Waals surface area (Å²) in [6, 6.07) is 3.59. The normalized spacial score (nSPS) is 12.5. The molecule has 1 heterocycles. The van der Waals surface area contributed by atoms with E-state index in [2.05, 4.69) is 51.6 Å². The summed E-state index contributed by atoms with van der Waals surface area (Å²) in [5.74, 6) is -3.37. The van der Waals surface area contributed by atoms with E-state index in [0.29, 0.717) is 68.7 Å². The van der Waals surface area contributed by atoms with Crippen LogP contribution in [0.15, 0.2) is 51.5 Å². The number of nitrogens with one attached hydrogen (secondary N) is 7. The van der Waals surface area contributed by atoms with Gasteiger partial charge in [0.1, 0.15) is 18.1 Å². The lowest BCUT2D eigenvalue weighted by atomic mass is 10.1. The van der Waals surface area contributed by atoms with Gasteiger partial charge in [0, 0.05) is 62.3 Å². The topological polar surface area (TPSA) is 414 Å². The maximum Gasteiger partial charge on any atom is 0.243 e. The van der Waals surface area contributed by atoms with Crippen molar-refractivity contribution < 1.29 is 37.2 Å². The van der Waals surface area contributed by atoms with E-state index >= 15 is 0 Å². The van der Waals surface area contributed by atoms with Crippen molar-refractivity contribution in [3.8, 4) is 0 Å². The molecule has 1 aromatic carbocycles. The molecule has 0 fully saturated rings. The summed E-state index contributed by atoms with van der Waals surface area (Å²) in [4.78, 5) is 88.0. The van der Waals surface area contributed by atoms with Crippen LogP contribution in [-0.2, 0) is 38.8 Å².